The molecule has 0 aliphatic heterocycles. The number of halogens is 1. The predicted molar refractivity (Wildman–Crippen MR) is 165 cm³/mol. The molecular weight excluding hydrogens is 590 g/mol. The first kappa shape index (κ1) is 31.4. The zero-order valence-electron chi connectivity index (χ0n) is 23.3. The van der Waals surface area contributed by atoms with E-state index in [4.69, 9.17) is 0 Å². The van der Waals surface area contributed by atoms with E-state index in [0.29, 0.717) is 25.1 Å². The minimum Gasteiger partial charge on any atom is -0.354 e. The van der Waals surface area contributed by atoms with E-state index < -0.39 is 16.1 Å². The SMILES string of the molecule is CCCNC(=O)[C@H](Cc1ccccc1)N(Cc1cccc(Br)c1)C(=O)CCCN(c1ccccc1C)S(C)(=O)=O. The molecule has 2 amide bonds. The van der Waals surface area contributed by atoms with Crippen LogP contribution in [0.25, 0.3) is 0 Å². The minimum absolute atomic E-state index is 0.0955. The molecule has 9 heteroatoms. The maximum atomic E-state index is 13.8. The summed E-state index contributed by atoms with van der Waals surface area (Å²) in [7, 11) is -3.55. The third-order valence-corrected chi connectivity index (χ3v) is 8.27. The topological polar surface area (TPSA) is 86.8 Å². The van der Waals surface area contributed by atoms with E-state index >= 15 is 0 Å². The number of benzene rings is 3. The summed E-state index contributed by atoms with van der Waals surface area (Å²) >= 11 is 3.50. The molecule has 0 bridgehead atoms. The molecule has 0 spiro atoms. The Balaban J connectivity index is 1.88. The number of nitrogens with one attached hydrogen (secondary N) is 1. The number of carbonyl (C=O) groups is 2. The summed E-state index contributed by atoms with van der Waals surface area (Å²) in [4.78, 5) is 28.9. The fraction of sp³-hybridized carbons (Fsp3) is 0.355. The van der Waals surface area contributed by atoms with Crippen molar-refractivity contribution in [2.45, 2.75) is 52.1 Å². The number of anilines is 1. The van der Waals surface area contributed by atoms with Crippen LogP contribution in [0.1, 0.15) is 42.9 Å². The standard InChI is InChI=1S/C31H38BrN3O4S/c1-4-19-33-31(37)29(22-25-13-6-5-7-14-25)34(23-26-15-10-16-27(32)21-26)30(36)18-11-20-35(40(3,38)39)28-17-9-8-12-24(28)2/h5-10,12-17,21,29H,4,11,18-20,22-23H2,1-3H3,(H,33,37)/t29-/m0/s1. The monoisotopic (exact) mass is 627 g/mol. The predicted octanol–water partition coefficient (Wildman–Crippen LogP) is 5.47. The first-order valence-electron chi connectivity index (χ1n) is 13.5. The average molecular weight is 629 g/mol. The number of aryl methyl sites for hydroxylation is 1. The summed E-state index contributed by atoms with van der Waals surface area (Å²) in [5.74, 6) is -0.405. The van der Waals surface area contributed by atoms with Crippen molar-refractivity contribution >= 4 is 43.5 Å². The first-order valence-corrected chi connectivity index (χ1v) is 16.1. The Kier molecular flexibility index (Phi) is 11.8. The Bertz CT molecular complexity index is 1380. The summed E-state index contributed by atoms with van der Waals surface area (Å²) in [6.45, 7) is 4.78. The fourth-order valence-corrected chi connectivity index (χ4v) is 6.05. The molecule has 0 aliphatic carbocycles. The lowest BCUT2D eigenvalue weighted by Gasteiger charge is -2.32. The van der Waals surface area contributed by atoms with E-state index in [-0.39, 0.29) is 31.3 Å². The fourth-order valence-electron chi connectivity index (χ4n) is 4.58. The second kappa shape index (κ2) is 15.0. The molecule has 0 aliphatic rings. The number of hydrogen-bond donors (Lipinski definition) is 1. The van der Waals surface area contributed by atoms with Gasteiger partial charge in [-0.3, -0.25) is 13.9 Å². The quantitative estimate of drug-likeness (QED) is 0.257. The Morgan fingerprint density at radius 1 is 0.950 bits per heavy atom. The van der Waals surface area contributed by atoms with Gasteiger partial charge in [0.25, 0.3) is 0 Å². The van der Waals surface area contributed by atoms with Crippen molar-refractivity contribution in [2.24, 2.45) is 0 Å². The zero-order valence-corrected chi connectivity index (χ0v) is 25.7. The van der Waals surface area contributed by atoms with Crippen molar-refractivity contribution in [3.8, 4) is 0 Å². The second-order valence-electron chi connectivity index (χ2n) is 9.87. The van der Waals surface area contributed by atoms with Crippen molar-refractivity contribution in [3.63, 3.8) is 0 Å². The van der Waals surface area contributed by atoms with Crippen LogP contribution in [-0.4, -0.2) is 50.5 Å². The molecule has 0 unspecified atom stereocenters. The number of hydrogen-bond acceptors (Lipinski definition) is 4. The highest BCUT2D eigenvalue weighted by Crippen LogP contribution is 2.23. The highest BCUT2D eigenvalue weighted by Gasteiger charge is 2.30. The maximum absolute atomic E-state index is 13.8. The van der Waals surface area contributed by atoms with E-state index in [9.17, 15) is 18.0 Å². The van der Waals surface area contributed by atoms with Gasteiger partial charge in [-0.05, 0) is 54.7 Å². The van der Waals surface area contributed by atoms with Crippen molar-refractivity contribution in [1.82, 2.24) is 10.2 Å². The summed E-state index contributed by atoms with van der Waals surface area (Å²) in [6, 6.07) is 23.9. The molecule has 0 heterocycles. The van der Waals surface area contributed by atoms with Crippen LogP contribution in [0.3, 0.4) is 0 Å². The van der Waals surface area contributed by atoms with Gasteiger partial charge in [-0.15, -0.1) is 0 Å². The van der Waals surface area contributed by atoms with Gasteiger partial charge in [-0.25, -0.2) is 8.42 Å². The summed E-state index contributed by atoms with van der Waals surface area (Å²) in [5, 5.41) is 2.98. The van der Waals surface area contributed by atoms with Crippen LogP contribution in [0.15, 0.2) is 83.3 Å². The Hall–Kier alpha value is -3.17. The van der Waals surface area contributed by atoms with Gasteiger partial charge in [0.05, 0.1) is 11.9 Å². The third kappa shape index (κ3) is 9.20. The van der Waals surface area contributed by atoms with Crippen LogP contribution in [0.5, 0.6) is 0 Å². The molecule has 0 saturated carbocycles. The lowest BCUT2D eigenvalue weighted by molar-refractivity contribution is -0.141. The van der Waals surface area contributed by atoms with Crippen molar-refractivity contribution < 1.29 is 18.0 Å². The van der Waals surface area contributed by atoms with E-state index in [2.05, 4.69) is 21.2 Å². The second-order valence-corrected chi connectivity index (χ2v) is 12.7. The van der Waals surface area contributed by atoms with Gasteiger partial charge in [0.15, 0.2) is 0 Å². The highest BCUT2D eigenvalue weighted by atomic mass is 79.9. The molecule has 0 aromatic heterocycles. The minimum atomic E-state index is -3.55. The molecule has 3 aromatic carbocycles. The molecule has 40 heavy (non-hydrogen) atoms. The van der Waals surface area contributed by atoms with Crippen LogP contribution >= 0.6 is 15.9 Å². The van der Waals surface area contributed by atoms with Gasteiger partial charge in [-0.1, -0.05) is 83.5 Å². The van der Waals surface area contributed by atoms with Gasteiger partial charge < -0.3 is 10.2 Å². The number of nitrogens with zero attached hydrogens (tertiary/aromatic N) is 2. The number of carbonyl (C=O) groups excluding carboxylic acids is 2. The lowest BCUT2D eigenvalue weighted by Crippen LogP contribution is -2.50. The van der Waals surface area contributed by atoms with Crippen LogP contribution < -0.4 is 9.62 Å². The van der Waals surface area contributed by atoms with Crippen LogP contribution in [0, 0.1) is 6.92 Å². The van der Waals surface area contributed by atoms with E-state index in [1.54, 1.807) is 17.0 Å². The molecule has 3 rings (SSSR count). The summed E-state index contributed by atoms with van der Waals surface area (Å²) in [5.41, 5.74) is 3.28. The zero-order chi connectivity index (χ0) is 29.1. The summed E-state index contributed by atoms with van der Waals surface area (Å²) < 4.78 is 27.5. The number of sulfonamides is 1. The number of amides is 2. The third-order valence-electron chi connectivity index (χ3n) is 6.60. The maximum Gasteiger partial charge on any atom is 0.243 e. The number of para-hydroxylation sites is 1. The van der Waals surface area contributed by atoms with Gasteiger partial charge in [0.1, 0.15) is 6.04 Å². The molecular formula is C31H38BrN3O4S. The van der Waals surface area contributed by atoms with Crippen LogP contribution in [0.4, 0.5) is 5.69 Å². The summed E-state index contributed by atoms with van der Waals surface area (Å²) in [6.07, 6.45) is 2.73. The van der Waals surface area contributed by atoms with Gasteiger partial charge in [0, 0.05) is 36.9 Å². The van der Waals surface area contributed by atoms with Crippen molar-refractivity contribution in [2.75, 3.05) is 23.7 Å². The molecule has 7 nitrogen and oxygen atoms in total. The molecule has 1 atom stereocenters. The molecule has 0 saturated heterocycles. The average Bonchev–Trinajstić information content (AvgIpc) is 2.92. The molecule has 0 radical (unpaired) electrons. The van der Waals surface area contributed by atoms with E-state index in [0.717, 1.165) is 27.6 Å². The van der Waals surface area contributed by atoms with Crippen LogP contribution in [-0.2, 0) is 32.6 Å². The van der Waals surface area contributed by atoms with Gasteiger partial charge in [-0.2, -0.15) is 0 Å². The van der Waals surface area contributed by atoms with Gasteiger partial charge in [0.2, 0.25) is 21.8 Å². The molecule has 3 aromatic rings. The molecule has 1 N–H and O–H groups in total. The van der Waals surface area contributed by atoms with Crippen molar-refractivity contribution in [1.29, 1.82) is 0 Å². The largest absolute Gasteiger partial charge is 0.354 e. The Labute approximate surface area is 246 Å². The molecule has 214 valence electrons. The van der Waals surface area contributed by atoms with Crippen LogP contribution in [0.2, 0.25) is 0 Å². The highest BCUT2D eigenvalue weighted by molar-refractivity contribution is 9.10. The van der Waals surface area contributed by atoms with Crippen molar-refractivity contribution in [3.05, 3.63) is 100 Å². The molecule has 0 fully saturated rings. The number of rotatable bonds is 14. The smallest absolute Gasteiger partial charge is 0.243 e. The lowest BCUT2D eigenvalue weighted by atomic mass is 10.0. The van der Waals surface area contributed by atoms with Gasteiger partial charge >= 0.3 is 0 Å². The first-order chi connectivity index (χ1) is 19.1. The van der Waals surface area contributed by atoms with E-state index in [1.165, 1.54) is 10.6 Å². The normalized spacial score (nSPS) is 12.0. The Morgan fingerprint density at radius 2 is 1.62 bits per heavy atom. The Morgan fingerprint density at radius 3 is 2.27 bits per heavy atom. The van der Waals surface area contributed by atoms with E-state index in [1.807, 2.05) is 80.6 Å².